The fourth-order valence-electron chi connectivity index (χ4n) is 2.08. The van der Waals surface area contributed by atoms with Crippen molar-refractivity contribution in [3.8, 4) is 0 Å². The molecule has 0 amide bonds. The molecule has 2 atom stereocenters. The Balaban J connectivity index is 2.94. The fourth-order valence-corrected chi connectivity index (χ4v) is 2.08. The first-order chi connectivity index (χ1) is 6.03. The zero-order chi connectivity index (χ0) is 10.1. The van der Waals surface area contributed by atoms with E-state index in [9.17, 15) is 4.79 Å². The summed E-state index contributed by atoms with van der Waals surface area (Å²) in [6, 6.07) is 0. The van der Waals surface area contributed by atoms with E-state index < -0.39 is 5.41 Å². The smallest absolute Gasteiger partial charge is 0.315 e. The van der Waals surface area contributed by atoms with Crippen molar-refractivity contribution in [1.29, 1.82) is 0 Å². The van der Waals surface area contributed by atoms with Crippen LogP contribution in [0.3, 0.4) is 0 Å². The average Bonchev–Trinajstić information content (AvgIpc) is 2.12. The van der Waals surface area contributed by atoms with Crippen LogP contribution in [-0.4, -0.2) is 13.1 Å². The van der Waals surface area contributed by atoms with Crippen LogP contribution in [0, 0.1) is 11.3 Å². The van der Waals surface area contributed by atoms with E-state index in [0.29, 0.717) is 5.92 Å². The molecule has 0 aromatic rings. The molecule has 0 aliphatic heterocycles. The monoisotopic (exact) mass is 182 g/mol. The normalized spacial score (nSPS) is 34.4. The van der Waals surface area contributed by atoms with E-state index in [1.807, 2.05) is 6.92 Å². The zero-order valence-electron chi connectivity index (χ0n) is 8.72. The first-order valence-corrected chi connectivity index (χ1v) is 4.80. The van der Waals surface area contributed by atoms with E-state index in [0.717, 1.165) is 24.8 Å². The van der Waals surface area contributed by atoms with Crippen LogP contribution in [0.25, 0.3) is 0 Å². The van der Waals surface area contributed by atoms with Gasteiger partial charge in [0.25, 0.3) is 0 Å². The van der Waals surface area contributed by atoms with Gasteiger partial charge in [-0.1, -0.05) is 19.1 Å². The number of esters is 1. The highest BCUT2D eigenvalue weighted by molar-refractivity contribution is 5.80. The highest BCUT2D eigenvalue weighted by Crippen LogP contribution is 2.44. The Labute approximate surface area is 80.0 Å². The molecule has 1 aliphatic rings. The quantitative estimate of drug-likeness (QED) is 0.460. The van der Waals surface area contributed by atoms with E-state index in [2.05, 4.69) is 13.5 Å². The molecular weight excluding hydrogens is 164 g/mol. The first-order valence-electron chi connectivity index (χ1n) is 4.80. The van der Waals surface area contributed by atoms with Gasteiger partial charge in [0.2, 0.25) is 0 Å². The third-order valence-corrected chi connectivity index (χ3v) is 3.45. The van der Waals surface area contributed by atoms with Crippen LogP contribution in [0.2, 0.25) is 0 Å². The largest absolute Gasteiger partial charge is 0.468 e. The molecule has 13 heavy (non-hydrogen) atoms. The number of carbonyl (C=O) groups is 1. The second-order valence-corrected chi connectivity index (χ2v) is 4.09. The average molecular weight is 182 g/mol. The Bertz CT molecular complexity index is 222. The summed E-state index contributed by atoms with van der Waals surface area (Å²) >= 11 is 0. The maximum atomic E-state index is 11.6. The standard InChI is InChI=1S/C11H18O2/c1-8-6-5-7-9(2)11(8,3)10(12)13-4/h9H,1,5-7H2,2-4H3. The van der Waals surface area contributed by atoms with Crippen LogP contribution in [0.5, 0.6) is 0 Å². The lowest BCUT2D eigenvalue weighted by molar-refractivity contribution is -0.153. The summed E-state index contributed by atoms with van der Waals surface area (Å²) < 4.78 is 4.83. The maximum Gasteiger partial charge on any atom is 0.315 e. The molecule has 0 N–H and O–H groups in total. The van der Waals surface area contributed by atoms with Crippen molar-refractivity contribution in [2.75, 3.05) is 7.11 Å². The summed E-state index contributed by atoms with van der Waals surface area (Å²) in [7, 11) is 1.45. The topological polar surface area (TPSA) is 26.3 Å². The molecule has 74 valence electrons. The molecule has 0 bridgehead atoms. The van der Waals surface area contributed by atoms with E-state index in [4.69, 9.17) is 4.74 Å². The molecule has 1 rings (SSSR count). The van der Waals surface area contributed by atoms with Gasteiger partial charge in [-0.2, -0.15) is 0 Å². The molecule has 0 aromatic heterocycles. The molecule has 0 heterocycles. The van der Waals surface area contributed by atoms with Crippen LogP contribution >= 0.6 is 0 Å². The van der Waals surface area contributed by atoms with Gasteiger partial charge in [-0.25, -0.2) is 0 Å². The van der Waals surface area contributed by atoms with Gasteiger partial charge in [-0.3, -0.25) is 4.79 Å². The van der Waals surface area contributed by atoms with Crippen LogP contribution < -0.4 is 0 Å². The highest BCUT2D eigenvalue weighted by atomic mass is 16.5. The van der Waals surface area contributed by atoms with Crippen LogP contribution in [0.15, 0.2) is 12.2 Å². The third-order valence-electron chi connectivity index (χ3n) is 3.45. The van der Waals surface area contributed by atoms with E-state index >= 15 is 0 Å². The van der Waals surface area contributed by atoms with Gasteiger partial charge in [0, 0.05) is 0 Å². The number of carbonyl (C=O) groups excluding carboxylic acids is 1. The molecule has 2 unspecified atom stereocenters. The van der Waals surface area contributed by atoms with E-state index in [1.165, 1.54) is 7.11 Å². The van der Waals surface area contributed by atoms with Crippen LogP contribution in [0.1, 0.15) is 33.1 Å². The Morgan fingerprint density at radius 2 is 2.31 bits per heavy atom. The molecular formula is C11H18O2. The summed E-state index contributed by atoms with van der Waals surface area (Å²) in [5.74, 6) is 0.214. The SMILES string of the molecule is C=C1CCCC(C)C1(C)C(=O)OC. The van der Waals surface area contributed by atoms with Crippen molar-refractivity contribution in [3.63, 3.8) is 0 Å². The van der Waals surface area contributed by atoms with E-state index in [1.54, 1.807) is 0 Å². The summed E-state index contributed by atoms with van der Waals surface area (Å²) in [4.78, 5) is 11.6. The van der Waals surface area contributed by atoms with Crippen molar-refractivity contribution >= 4 is 5.97 Å². The van der Waals surface area contributed by atoms with Crippen LogP contribution in [0.4, 0.5) is 0 Å². The number of hydrogen-bond donors (Lipinski definition) is 0. The zero-order valence-corrected chi connectivity index (χ0v) is 8.72. The first kappa shape index (κ1) is 10.3. The lowest BCUT2D eigenvalue weighted by atomic mass is 9.65. The lowest BCUT2D eigenvalue weighted by Gasteiger charge is -2.38. The minimum Gasteiger partial charge on any atom is -0.468 e. The summed E-state index contributed by atoms with van der Waals surface area (Å²) in [6.07, 6.45) is 3.19. The van der Waals surface area contributed by atoms with Gasteiger partial charge in [0.15, 0.2) is 0 Å². The molecule has 1 aliphatic carbocycles. The molecule has 0 spiro atoms. The van der Waals surface area contributed by atoms with Gasteiger partial charge in [-0.15, -0.1) is 0 Å². The van der Waals surface area contributed by atoms with Gasteiger partial charge >= 0.3 is 5.97 Å². The highest BCUT2D eigenvalue weighted by Gasteiger charge is 2.44. The summed E-state index contributed by atoms with van der Waals surface area (Å²) in [6.45, 7) is 8.03. The van der Waals surface area contributed by atoms with E-state index in [-0.39, 0.29) is 5.97 Å². The minimum absolute atomic E-state index is 0.135. The van der Waals surface area contributed by atoms with Crippen molar-refractivity contribution in [2.45, 2.75) is 33.1 Å². The van der Waals surface area contributed by atoms with Gasteiger partial charge in [0.1, 0.15) is 0 Å². The molecule has 1 saturated carbocycles. The number of methoxy groups -OCH3 is 1. The summed E-state index contributed by atoms with van der Waals surface area (Å²) in [5, 5.41) is 0. The van der Waals surface area contributed by atoms with Crippen molar-refractivity contribution in [2.24, 2.45) is 11.3 Å². The maximum absolute atomic E-state index is 11.6. The Morgan fingerprint density at radius 1 is 1.69 bits per heavy atom. The third kappa shape index (κ3) is 1.50. The predicted octanol–water partition coefficient (Wildman–Crippen LogP) is 2.54. The van der Waals surface area contributed by atoms with Crippen molar-refractivity contribution in [3.05, 3.63) is 12.2 Å². The van der Waals surface area contributed by atoms with Crippen molar-refractivity contribution < 1.29 is 9.53 Å². The Hall–Kier alpha value is -0.790. The Kier molecular flexibility index (Phi) is 2.79. The molecule has 0 saturated heterocycles. The molecule has 1 fully saturated rings. The van der Waals surface area contributed by atoms with Crippen LogP contribution in [-0.2, 0) is 9.53 Å². The molecule has 0 radical (unpaired) electrons. The van der Waals surface area contributed by atoms with Gasteiger partial charge in [0.05, 0.1) is 12.5 Å². The predicted molar refractivity (Wildman–Crippen MR) is 52.3 cm³/mol. The molecule has 2 nitrogen and oxygen atoms in total. The number of hydrogen-bond acceptors (Lipinski definition) is 2. The molecule has 2 heteroatoms. The van der Waals surface area contributed by atoms with Crippen molar-refractivity contribution in [1.82, 2.24) is 0 Å². The second kappa shape index (κ2) is 3.52. The fraction of sp³-hybridized carbons (Fsp3) is 0.727. The Morgan fingerprint density at radius 3 is 2.77 bits per heavy atom. The summed E-state index contributed by atoms with van der Waals surface area (Å²) in [5.41, 5.74) is 0.575. The second-order valence-electron chi connectivity index (χ2n) is 4.09. The lowest BCUT2D eigenvalue weighted by Crippen LogP contribution is -2.39. The van der Waals surface area contributed by atoms with Gasteiger partial charge < -0.3 is 4.74 Å². The number of rotatable bonds is 1. The number of ether oxygens (including phenoxy) is 1. The molecule has 0 aromatic carbocycles. The van der Waals surface area contributed by atoms with Gasteiger partial charge in [-0.05, 0) is 32.1 Å². The minimum atomic E-state index is -0.451.